The molecule has 0 saturated carbocycles. The van der Waals surface area contributed by atoms with Gasteiger partial charge in [-0.1, -0.05) is 12.1 Å². The van der Waals surface area contributed by atoms with Gasteiger partial charge in [0.15, 0.2) is 4.96 Å². The molecule has 3 heterocycles. The van der Waals surface area contributed by atoms with Crippen molar-refractivity contribution in [3.63, 3.8) is 0 Å². The van der Waals surface area contributed by atoms with Gasteiger partial charge < -0.3 is 10.1 Å². The summed E-state index contributed by atoms with van der Waals surface area (Å²) in [7, 11) is 0. The first-order chi connectivity index (χ1) is 15.1. The van der Waals surface area contributed by atoms with Gasteiger partial charge in [0.25, 0.3) is 5.91 Å². The second kappa shape index (κ2) is 8.33. The zero-order chi connectivity index (χ0) is 21.2. The Morgan fingerprint density at radius 3 is 2.58 bits per heavy atom. The lowest BCUT2D eigenvalue weighted by Crippen LogP contribution is -2.11. The Labute approximate surface area is 186 Å². The molecule has 8 heteroatoms. The minimum absolute atomic E-state index is 0.170. The maximum absolute atomic E-state index is 12.6. The minimum atomic E-state index is -0.170. The Morgan fingerprint density at radius 2 is 1.87 bits per heavy atom. The lowest BCUT2D eigenvalue weighted by molar-refractivity contribution is 0.102. The molecular weight excluding hydrogens is 428 g/mol. The van der Waals surface area contributed by atoms with Crippen LogP contribution in [0.15, 0.2) is 71.7 Å². The van der Waals surface area contributed by atoms with Crippen LogP contribution < -0.4 is 10.1 Å². The summed E-state index contributed by atoms with van der Waals surface area (Å²) in [6.45, 7) is 2.38. The van der Waals surface area contributed by atoms with Gasteiger partial charge in [-0.25, -0.2) is 9.97 Å². The van der Waals surface area contributed by atoms with Gasteiger partial charge in [-0.2, -0.15) is 0 Å². The molecule has 0 unspecified atom stereocenters. The third kappa shape index (κ3) is 4.35. The van der Waals surface area contributed by atoms with E-state index in [4.69, 9.17) is 4.74 Å². The summed E-state index contributed by atoms with van der Waals surface area (Å²) < 4.78 is 7.74. The third-order valence-corrected chi connectivity index (χ3v) is 6.29. The third-order valence-electron chi connectivity index (χ3n) is 4.70. The summed E-state index contributed by atoms with van der Waals surface area (Å²) in [4.78, 5) is 22.5. The fourth-order valence-corrected chi connectivity index (χ4v) is 4.43. The van der Waals surface area contributed by atoms with Gasteiger partial charge in [0.05, 0.1) is 16.4 Å². The first kappa shape index (κ1) is 19.5. The van der Waals surface area contributed by atoms with Crippen molar-refractivity contribution < 1.29 is 9.53 Å². The van der Waals surface area contributed by atoms with Crippen LogP contribution in [-0.2, 0) is 6.61 Å². The summed E-state index contributed by atoms with van der Waals surface area (Å²) in [5.74, 6) is 0.531. The van der Waals surface area contributed by atoms with Gasteiger partial charge in [0, 0.05) is 40.0 Å². The second-order valence-corrected chi connectivity index (χ2v) is 8.86. The Balaban J connectivity index is 1.20. The number of ether oxygens (including phenoxy) is 1. The maximum atomic E-state index is 12.6. The van der Waals surface area contributed by atoms with Crippen LogP contribution in [0.25, 0.3) is 16.2 Å². The lowest BCUT2D eigenvalue weighted by Gasteiger charge is -2.08. The molecule has 31 heavy (non-hydrogen) atoms. The van der Waals surface area contributed by atoms with Crippen LogP contribution in [0.3, 0.4) is 0 Å². The predicted octanol–water partition coefficient (Wildman–Crippen LogP) is 5.66. The van der Waals surface area contributed by atoms with Crippen LogP contribution >= 0.6 is 22.7 Å². The number of benzene rings is 2. The minimum Gasteiger partial charge on any atom is -0.487 e. The van der Waals surface area contributed by atoms with Gasteiger partial charge in [0.2, 0.25) is 0 Å². The van der Waals surface area contributed by atoms with E-state index in [9.17, 15) is 4.79 Å². The summed E-state index contributed by atoms with van der Waals surface area (Å²) in [6, 6.07) is 14.8. The molecular formula is C23H18N4O2S2. The van der Waals surface area contributed by atoms with Crippen molar-refractivity contribution in [2.75, 3.05) is 5.32 Å². The summed E-state index contributed by atoms with van der Waals surface area (Å²) in [5, 5.41) is 7.93. The van der Waals surface area contributed by atoms with Gasteiger partial charge in [-0.3, -0.25) is 9.20 Å². The Kier molecular flexibility index (Phi) is 5.23. The number of aromatic nitrogens is 3. The zero-order valence-electron chi connectivity index (χ0n) is 16.6. The number of imidazole rings is 1. The number of fused-ring (bicyclic) bond motifs is 1. The molecule has 6 nitrogen and oxygen atoms in total. The van der Waals surface area contributed by atoms with Crippen LogP contribution in [-0.4, -0.2) is 20.3 Å². The van der Waals surface area contributed by atoms with E-state index in [1.165, 1.54) is 0 Å². The Morgan fingerprint density at radius 1 is 1.06 bits per heavy atom. The quantitative estimate of drug-likeness (QED) is 0.365. The monoisotopic (exact) mass is 446 g/mol. The summed E-state index contributed by atoms with van der Waals surface area (Å²) >= 11 is 3.20. The molecule has 2 aromatic carbocycles. The number of amides is 1. The number of thiazole rings is 2. The van der Waals surface area contributed by atoms with Crippen LogP contribution in [0.2, 0.25) is 0 Å². The average molecular weight is 447 g/mol. The molecule has 1 N–H and O–H groups in total. The first-order valence-corrected chi connectivity index (χ1v) is 11.4. The van der Waals surface area contributed by atoms with Crippen LogP contribution in [0.1, 0.15) is 21.1 Å². The van der Waals surface area contributed by atoms with Crippen molar-refractivity contribution in [1.29, 1.82) is 0 Å². The topological polar surface area (TPSA) is 68.5 Å². The average Bonchev–Trinajstić information content (AvgIpc) is 3.50. The number of hydrogen-bond acceptors (Lipinski definition) is 6. The van der Waals surface area contributed by atoms with Crippen molar-refractivity contribution in [2.24, 2.45) is 0 Å². The number of aryl methyl sites for hydroxylation is 1. The number of nitrogens with one attached hydrogen (secondary N) is 1. The highest BCUT2D eigenvalue weighted by Gasteiger charge is 2.09. The molecule has 1 amide bonds. The van der Waals surface area contributed by atoms with Crippen molar-refractivity contribution in [2.45, 2.75) is 13.5 Å². The van der Waals surface area contributed by atoms with Crippen LogP contribution in [0.4, 0.5) is 5.69 Å². The summed E-state index contributed by atoms with van der Waals surface area (Å²) in [5.41, 5.74) is 4.12. The van der Waals surface area contributed by atoms with Gasteiger partial charge in [-0.05, 0) is 43.3 Å². The number of carbonyl (C=O) groups excluding carboxylic acids is 1. The molecule has 0 bridgehead atoms. The first-order valence-electron chi connectivity index (χ1n) is 9.62. The molecule has 0 fully saturated rings. The van der Waals surface area contributed by atoms with E-state index < -0.39 is 0 Å². The van der Waals surface area contributed by atoms with E-state index in [2.05, 4.69) is 15.3 Å². The molecule has 154 valence electrons. The van der Waals surface area contributed by atoms with Crippen molar-refractivity contribution in [1.82, 2.24) is 14.4 Å². The second-order valence-electron chi connectivity index (χ2n) is 6.92. The number of rotatable bonds is 6. The highest BCUT2D eigenvalue weighted by molar-refractivity contribution is 7.15. The normalized spacial score (nSPS) is 11.0. The molecule has 0 aliphatic rings. The van der Waals surface area contributed by atoms with Gasteiger partial charge >= 0.3 is 0 Å². The maximum Gasteiger partial charge on any atom is 0.255 e. The SMILES string of the molecule is Cc1nc(COc2ccc(C(=O)Nc3ccc(-c4cn5ccsc5n4)cc3)cc2)cs1. The Hall–Kier alpha value is -3.49. The molecule has 0 saturated heterocycles. The number of anilines is 1. The lowest BCUT2D eigenvalue weighted by atomic mass is 10.1. The molecule has 5 aromatic rings. The highest BCUT2D eigenvalue weighted by Crippen LogP contribution is 2.23. The van der Waals surface area contributed by atoms with Crippen LogP contribution in [0.5, 0.6) is 5.75 Å². The molecule has 3 aromatic heterocycles. The van der Waals surface area contributed by atoms with E-state index in [-0.39, 0.29) is 5.91 Å². The summed E-state index contributed by atoms with van der Waals surface area (Å²) in [6.07, 6.45) is 3.99. The smallest absolute Gasteiger partial charge is 0.255 e. The van der Waals surface area contributed by atoms with Gasteiger partial charge in [0.1, 0.15) is 12.4 Å². The fourth-order valence-electron chi connectivity index (χ4n) is 3.13. The predicted molar refractivity (Wildman–Crippen MR) is 124 cm³/mol. The van der Waals surface area contributed by atoms with E-state index in [1.807, 2.05) is 58.7 Å². The number of hydrogen-bond donors (Lipinski definition) is 1. The number of carbonyl (C=O) groups is 1. The van der Waals surface area contributed by atoms with E-state index in [1.54, 1.807) is 46.9 Å². The molecule has 5 rings (SSSR count). The van der Waals surface area contributed by atoms with Crippen molar-refractivity contribution in [3.05, 3.63) is 87.9 Å². The van der Waals surface area contributed by atoms with E-state index in [0.29, 0.717) is 17.9 Å². The number of nitrogens with zero attached hydrogens (tertiary/aromatic N) is 3. The molecule has 0 aliphatic carbocycles. The van der Waals surface area contributed by atoms with E-state index >= 15 is 0 Å². The zero-order valence-corrected chi connectivity index (χ0v) is 18.2. The Bertz CT molecular complexity index is 1310. The molecule has 0 aliphatic heterocycles. The van der Waals surface area contributed by atoms with Crippen LogP contribution in [0, 0.1) is 6.92 Å². The molecule has 0 radical (unpaired) electrons. The highest BCUT2D eigenvalue weighted by atomic mass is 32.1. The van der Waals surface area contributed by atoms with Crippen molar-refractivity contribution in [3.8, 4) is 17.0 Å². The largest absolute Gasteiger partial charge is 0.487 e. The standard InChI is InChI=1S/C23H18N4O2S2/c1-15-24-19(14-31-15)13-29-20-8-4-17(5-9-20)22(28)25-18-6-2-16(3-7-18)21-12-27-10-11-30-23(27)26-21/h2-12,14H,13H2,1H3,(H,25,28). The molecule has 0 atom stereocenters. The van der Waals surface area contributed by atoms with Gasteiger partial charge in [-0.15, -0.1) is 22.7 Å². The van der Waals surface area contributed by atoms with E-state index in [0.717, 1.165) is 32.6 Å². The molecule has 0 spiro atoms. The van der Waals surface area contributed by atoms with Crippen molar-refractivity contribution >= 4 is 39.2 Å². The fraction of sp³-hybridized carbons (Fsp3) is 0.0870.